The molecule has 0 atom stereocenters. The molecular weight excluding hydrogens is 552 g/mol. The van der Waals surface area contributed by atoms with Gasteiger partial charge in [0.2, 0.25) is 0 Å². The van der Waals surface area contributed by atoms with Gasteiger partial charge in [-0.05, 0) is 36.4 Å². The van der Waals surface area contributed by atoms with Gasteiger partial charge in [-0.15, -0.1) is 0 Å². The quantitative estimate of drug-likeness (QED) is 0.155. The van der Waals surface area contributed by atoms with E-state index in [0.29, 0.717) is 12.0 Å². The molecule has 1 aromatic carbocycles. The molecule has 0 saturated carbocycles. The Morgan fingerprint density at radius 3 is 2.14 bits per heavy atom. The van der Waals surface area contributed by atoms with Gasteiger partial charge in [-0.1, -0.05) is 55.8 Å². The minimum atomic E-state index is -6.19. The Morgan fingerprint density at radius 1 is 1.00 bits per heavy atom. The summed E-state index contributed by atoms with van der Waals surface area (Å²) in [5.41, 5.74) is -11.4. The monoisotopic (exact) mass is 577 g/mol. The zero-order valence-corrected chi connectivity index (χ0v) is 22.3. The van der Waals surface area contributed by atoms with Gasteiger partial charge in [0.1, 0.15) is 5.75 Å². The summed E-state index contributed by atoms with van der Waals surface area (Å²) in [6.07, 6.45) is 4.86. The van der Waals surface area contributed by atoms with Gasteiger partial charge in [0, 0.05) is 12.1 Å². The highest BCUT2D eigenvalue weighted by Gasteiger charge is 2.51. The van der Waals surface area contributed by atoms with Crippen LogP contribution in [-0.4, -0.2) is 46.8 Å². The van der Waals surface area contributed by atoms with Crippen LogP contribution in [0.2, 0.25) is 19.6 Å². The molecule has 0 heterocycles. The average molecular weight is 578 g/mol. The number of alkyl halides is 6. The molecule has 0 fully saturated rings. The lowest BCUT2D eigenvalue weighted by atomic mass is 10.0. The highest BCUT2D eigenvalue weighted by Crippen LogP contribution is 2.33. The number of hydrogen-bond donors (Lipinski definition) is 0. The second kappa shape index (κ2) is 10.8. The van der Waals surface area contributed by atoms with Crippen LogP contribution >= 0.6 is 0 Å². The van der Waals surface area contributed by atoms with E-state index in [0.717, 1.165) is 25.3 Å². The first-order valence-electron chi connectivity index (χ1n) is 10.6. The van der Waals surface area contributed by atoms with Crippen molar-refractivity contribution < 1.29 is 47.4 Å². The van der Waals surface area contributed by atoms with E-state index >= 15 is 0 Å². The maximum absolute atomic E-state index is 13.4. The Morgan fingerprint density at radius 2 is 1.64 bits per heavy atom. The van der Waals surface area contributed by atoms with Crippen LogP contribution in [-0.2, 0) is 26.7 Å². The molecule has 0 spiro atoms. The Labute approximate surface area is 207 Å². The number of hydrogen-bond acceptors (Lipinski definition) is 5. The van der Waals surface area contributed by atoms with Crippen molar-refractivity contribution in [2.24, 2.45) is 0 Å². The fourth-order valence-electron chi connectivity index (χ4n) is 3.31. The van der Waals surface area contributed by atoms with Crippen molar-refractivity contribution in [3.63, 3.8) is 0 Å². The molecule has 0 saturated heterocycles. The predicted octanol–water partition coefficient (Wildman–Crippen LogP) is 4.62. The van der Waals surface area contributed by atoms with Crippen LogP contribution in [0.1, 0.15) is 31.2 Å². The van der Waals surface area contributed by atoms with Crippen LogP contribution in [0.5, 0.6) is 5.75 Å². The molecule has 2 rings (SSSR count). The SMILES string of the molecule is C[Si](C)(C)c1cccc(CN(CC#CC2=CCCCC2)S(=O)(=O)C(F)(F)F)c1OS(=O)(=O)C(F)(F)F. The lowest BCUT2D eigenvalue weighted by Gasteiger charge is -2.26. The second-order valence-corrected chi connectivity index (χ2v) is 17.5. The third kappa shape index (κ3) is 7.27. The summed E-state index contributed by atoms with van der Waals surface area (Å²) < 4.78 is 132. The van der Waals surface area contributed by atoms with Crippen molar-refractivity contribution in [1.29, 1.82) is 0 Å². The van der Waals surface area contributed by atoms with Crippen LogP contribution in [0, 0.1) is 11.8 Å². The number of rotatable bonds is 7. The molecule has 1 aliphatic rings. The zero-order valence-electron chi connectivity index (χ0n) is 19.6. The Hall–Kier alpha value is -2.02. The van der Waals surface area contributed by atoms with Crippen molar-refractivity contribution in [3.05, 3.63) is 35.4 Å². The van der Waals surface area contributed by atoms with Crippen molar-refractivity contribution in [3.8, 4) is 17.6 Å². The maximum Gasteiger partial charge on any atom is 0.534 e. The van der Waals surface area contributed by atoms with Crippen LogP contribution < -0.4 is 9.37 Å². The summed E-state index contributed by atoms with van der Waals surface area (Å²) >= 11 is 0. The third-order valence-electron chi connectivity index (χ3n) is 5.16. The first-order chi connectivity index (χ1) is 16.3. The standard InChI is InChI=1S/C21H25F6NO5S2Si/c1-36(2,3)18-13-7-12-17(19(18)33-35(31,32)21(25,26)27)15-28(34(29,30)20(22,23)24)14-8-11-16-9-5-4-6-10-16/h7,9,12-13H,4-6,10,14-15H2,1-3H3. The molecule has 1 aliphatic carbocycles. The summed E-state index contributed by atoms with van der Waals surface area (Å²) in [5.74, 6) is 4.19. The minimum Gasteiger partial charge on any atom is -0.376 e. The molecule has 15 heteroatoms. The Balaban J connectivity index is 2.60. The van der Waals surface area contributed by atoms with E-state index < -0.39 is 63.6 Å². The van der Waals surface area contributed by atoms with Crippen molar-refractivity contribution >= 4 is 33.4 Å². The smallest absolute Gasteiger partial charge is 0.376 e. The van der Waals surface area contributed by atoms with Crippen LogP contribution in [0.25, 0.3) is 0 Å². The molecule has 0 bridgehead atoms. The van der Waals surface area contributed by atoms with Crippen LogP contribution in [0.15, 0.2) is 29.8 Å². The molecule has 0 unspecified atom stereocenters. The number of sulfonamides is 1. The Kier molecular flexibility index (Phi) is 9.03. The lowest BCUT2D eigenvalue weighted by molar-refractivity contribution is -0.0500. The zero-order chi connectivity index (χ0) is 27.6. The molecule has 6 nitrogen and oxygen atoms in total. The largest absolute Gasteiger partial charge is 0.534 e. The molecule has 0 radical (unpaired) electrons. The topological polar surface area (TPSA) is 80.8 Å². The van der Waals surface area contributed by atoms with E-state index in [4.69, 9.17) is 0 Å². The molecule has 0 aliphatic heterocycles. The number of nitrogens with zero attached hydrogens (tertiary/aromatic N) is 1. The van der Waals surface area contributed by atoms with Gasteiger partial charge in [-0.2, -0.15) is 39.1 Å². The second-order valence-electron chi connectivity index (χ2n) is 9.02. The summed E-state index contributed by atoms with van der Waals surface area (Å²) in [6.45, 7) is 2.89. The normalized spacial score (nSPS) is 15.8. The van der Waals surface area contributed by atoms with Crippen molar-refractivity contribution in [1.82, 2.24) is 4.31 Å². The van der Waals surface area contributed by atoms with Gasteiger partial charge in [0.15, 0.2) is 0 Å². The first kappa shape index (κ1) is 30.2. The first-order valence-corrected chi connectivity index (χ1v) is 17.0. The Bertz CT molecular complexity index is 1270. The highest BCUT2D eigenvalue weighted by molar-refractivity contribution is 7.90. The molecule has 202 valence electrons. The summed E-state index contributed by atoms with van der Waals surface area (Å²) in [5, 5.41) is 0.0515. The van der Waals surface area contributed by atoms with E-state index in [1.807, 2.05) is 0 Å². The van der Waals surface area contributed by atoms with E-state index in [9.17, 15) is 43.2 Å². The van der Waals surface area contributed by atoms with Crippen LogP contribution in [0.3, 0.4) is 0 Å². The predicted molar refractivity (Wildman–Crippen MR) is 125 cm³/mol. The van der Waals surface area contributed by atoms with Crippen molar-refractivity contribution in [2.75, 3.05) is 6.54 Å². The van der Waals surface area contributed by atoms with Gasteiger partial charge >= 0.3 is 31.2 Å². The van der Waals surface area contributed by atoms with E-state index in [1.54, 1.807) is 25.7 Å². The molecule has 0 N–H and O–H groups in total. The third-order valence-corrected chi connectivity index (χ3v) is 9.64. The van der Waals surface area contributed by atoms with Gasteiger partial charge in [-0.25, -0.2) is 8.42 Å². The molecule has 0 amide bonds. The molecule has 1 aromatic rings. The van der Waals surface area contributed by atoms with Gasteiger partial charge in [0.25, 0.3) is 0 Å². The van der Waals surface area contributed by atoms with Gasteiger partial charge in [-0.3, -0.25) is 0 Å². The van der Waals surface area contributed by atoms with Crippen LogP contribution in [0.4, 0.5) is 26.3 Å². The van der Waals surface area contributed by atoms with E-state index in [-0.39, 0.29) is 9.49 Å². The lowest BCUT2D eigenvalue weighted by Crippen LogP contribution is -2.43. The number of halogens is 6. The van der Waals surface area contributed by atoms with Gasteiger partial charge < -0.3 is 4.18 Å². The average Bonchev–Trinajstić information content (AvgIpc) is 2.72. The fraction of sp³-hybridized carbons (Fsp3) is 0.524. The van der Waals surface area contributed by atoms with Crippen molar-refractivity contribution in [2.45, 2.75) is 62.9 Å². The minimum absolute atomic E-state index is 0.0515. The van der Waals surface area contributed by atoms with Gasteiger partial charge in [0.05, 0.1) is 14.6 Å². The maximum atomic E-state index is 13.4. The summed E-state index contributed by atoms with van der Waals surface area (Å²) in [4.78, 5) is 0. The molecule has 0 aromatic heterocycles. The number of allylic oxidation sites excluding steroid dienone is 2. The number of para-hydroxylation sites is 1. The van der Waals surface area contributed by atoms with E-state index in [2.05, 4.69) is 16.0 Å². The van der Waals surface area contributed by atoms with E-state index in [1.165, 1.54) is 12.1 Å². The fourth-order valence-corrected chi connectivity index (χ4v) is 6.22. The molecular formula is C21H25F6NO5S2Si. The highest BCUT2D eigenvalue weighted by atomic mass is 32.2. The summed E-state index contributed by atoms with van der Waals surface area (Å²) in [6, 6.07) is 3.60. The number of benzene rings is 1. The summed E-state index contributed by atoms with van der Waals surface area (Å²) in [7, 11) is -14.8. The molecule has 36 heavy (non-hydrogen) atoms.